The molecule has 1 aromatic heterocycles. The molecule has 4 rings (SSSR count). The van der Waals surface area contributed by atoms with Crippen molar-refractivity contribution in [3.63, 3.8) is 0 Å². The van der Waals surface area contributed by atoms with E-state index in [9.17, 15) is 9.59 Å². The molecule has 1 aliphatic heterocycles. The Bertz CT molecular complexity index is 871. The van der Waals surface area contributed by atoms with Crippen molar-refractivity contribution in [3.8, 4) is 0 Å². The van der Waals surface area contributed by atoms with E-state index >= 15 is 0 Å². The Hall–Kier alpha value is -2.66. The number of allylic oxidation sites excluding steroid dienone is 2. The maximum Gasteiger partial charge on any atom is 0.211 e. The first-order chi connectivity index (χ1) is 12.2. The predicted molar refractivity (Wildman–Crippen MR) is 96.0 cm³/mol. The number of carbonyl (C=O) groups excluding carboxylic acids is 2. The third kappa shape index (κ3) is 2.70. The first kappa shape index (κ1) is 15.8. The highest BCUT2D eigenvalue weighted by Gasteiger charge is 2.35. The Morgan fingerprint density at radius 2 is 1.40 bits per heavy atom. The van der Waals surface area contributed by atoms with E-state index in [1.807, 2.05) is 23.1 Å². The maximum absolute atomic E-state index is 12.9. The van der Waals surface area contributed by atoms with Gasteiger partial charge in [-0.25, -0.2) is 4.98 Å². The molecule has 0 N–H and O–H groups in total. The molecular formula is C19H16ClN3O2. The number of hydrogen-bond acceptors (Lipinski definition) is 5. The van der Waals surface area contributed by atoms with Crippen LogP contribution < -0.4 is 4.90 Å². The molecule has 6 heteroatoms. The van der Waals surface area contributed by atoms with Gasteiger partial charge in [0, 0.05) is 43.5 Å². The van der Waals surface area contributed by atoms with E-state index in [2.05, 4.69) is 9.88 Å². The molecule has 5 nitrogen and oxygen atoms in total. The summed E-state index contributed by atoms with van der Waals surface area (Å²) in [6, 6.07) is 12.6. The van der Waals surface area contributed by atoms with Crippen LogP contribution in [0.2, 0.25) is 0 Å². The smallest absolute Gasteiger partial charge is 0.211 e. The molecule has 0 atom stereocenters. The van der Waals surface area contributed by atoms with Crippen LogP contribution in [0, 0.1) is 0 Å². The number of nitrogens with zero attached hydrogens (tertiary/aromatic N) is 3. The Balaban J connectivity index is 1.58. The van der Waals surface area contributed by atoms with Gasteiger partial charge in [-0.15, -0.1) is 0 Å². The van der Waals surface area contributed by atoms with Crippen LogP contribution in [0.1, 0.15) is 20.7 Å². The number of Topliss-reactive ketones (excluding diaryl/α,β-unsaturated/α-hetero) is 2. The van der Waals surface area contributed by atoms with Crippen molar-refractivity contribution >= 4 is 29.0 Å². The normalized spacial score (nSPS) is 17.8. The number of hydrogen-bond donors (Lipinski definition) is 0. The van der Waals surface area contributed by atoms with Crippen molar-refractivity contribution in [2.75, 3.05) is 31.1 Å². The fourth-order valence-corrected chi connectivity index (χ4v) is 3.62. The van der Waals surface area contributed by atoms with Crippen molar-refractivity contribution in [2.45, 2.75) is 0 Å². The molecule has 0 bridgehead atoms. The minimum atomic E-state index is -0.279. The number of rotatable bonds is 2. The Labute approximate surface area is 150 Å². The molecule has 25 heavy (non-hydrogen) atoms. The van der Waals surface area contributed by atoms with E-state index in [0.717, 1.165) is 5.82 Å². The topological polar surface area (TPSA) is 53.5 Å². The molecule has 0 radical (unpaired) electrons. The number of halogens is 1. The van der Waals surface area contributed by atoms with Crippen molar-refractivity contribution in [1.29, 1.82) is 0 Å². The highest BCUT2D eigenvalue weighted by atomic mass is 35.5. The van der Waals surface area contributed by atoms with Gasteiger partial charge in [-0.3, -0.25) is 9.59 Å². The Kier molecular flexibility index (Phi) is 4.01. The van der Waals surface area contributed by atoms with Gasteiger partial charge in [0.2, 0.25) is 11.6 Å². The number of anilines is 1. The molecule has 0 spiro atoms. The van der Waals surface area contributed by atoms with Crippen LogP contribution in [-0.2, 0) is 0 Å². The third-order valence-corrected chi connectivity index (χ3v) is 4.96. The molecule has 2 aromatic rings. The van der Waals surface area contributed by atoms with Gasteiger partial charge in [0.05, 0.1) is 0 Å². The van der Waals surface area contributed by atoms with Gasteiger partial charge in [0.15, 0.2) is 0 Å². The van der Waals surface area contributed by atoms with Crippen molar-refractivity contribution in [3.05, 3.63) is 70.5 Å². The molecule has 2 heterocycles. The van der Waals surface area contributed by atoms with E-state index in [1.165, 1.54) is 0 Å². The standard InChI is InChI=1S/C19H16ClN3O2/c20-16-17(19(25)14-6-2-1-5-13(14)18(16)24)23-11-9-22(10-12-23)15-7-3-4-8-21-15/h1-8H,9-12H2. The van der Waals surface area contributed by atoms with Crippen molar-refractivity contribution in [1.82, 2.24) is 9.88 Å². The van der Waals surface area contributed by atoms with Gasteiger partial charge in [0.25, 0.3) is 0 Å². The van der Waals surface area contributed by atoms with Gasteiger partial charge < -0.3 is 9.80 Å². The molecule has 2 aliphatic rings. The highest BCUT2D eigenvalue weighted by molar-refractivity contribution is 6.49. The lowest BCUT2D eigenvalue weighted by molar-refractivity contribution is 0.0944. The molecular weight excluding hydrogens is 338 g/mol. The maximum atomic E-state index is 12.9. The van der Waals surface area contributed by atoms with Gasteiger partial charge >= 0.3 is 0 Å². The fraction of sp³-hybridized carbons (Fsp3) is 0.211. The third-order valence-electron chi connectivity index (χ3n) is 4.61. The summed E-state index contributed by atoms with van der Waals surface area (Å²) < 4.78 is 0. The lowest BCUT2D eigenvalue weighted by atomic mass is 9.91. The zero-order valence-corrected chi connectivity index (χ0v) is 14.2. The molecule has 1 aromatic carbocycles. The van der Waals surface area contributed by atoms with Crippen LogP contribution in [0.25, 0.3) is 0 Å². The summed E-state index contributed by atoms with van der Waals surface area (Å²) in [5.41, 5.74) is 1.14. The van der Waals surface area contributed by atoms with E-state index in [1.54, 1.807) is 30.5 Å². The molecule has 1 saturated heterocycles. The molecule has 1 aliphatic carbocycles. The summed E-state index contributed by atoms with van der Waals surface area (Å²) in [5, 5.41) is 0.0231. The monoisotopic (exact) mass is 353 g/mol. The van der Waals surface area contributed by atoms with Gasteiger partial charge in [-0.2, -0.15) is 0 Å². The summed E-state index contributed by atoms with van der Waals surface area (Å²) in [4.78, 5) is 33.8. The van der Waals surface area contributed by atoms with Crippen LogP contribution in [0.15, 0.2) is 59.4 Å². The molecule has 126 valence electrons. The SMILES string of the molecule is O=C1C(Cl)=C(N2CCN(c3ccccn3)CC2)C(=O)c2ccccc21. The molecule has 0 amide bonds. The minimum absolute atomic E-state index is 0.0231. The molecule has 0 saturated carbocycles. The van der Waals surface area contributed by atoms with E-state index < -0.39 is 0 Å². The predicted octanol–water partition coefficient (Wildman–Crippen LogP) is 2.73. The van der Waals surface area contributed by atoms with Gasteiger partial charge in [-0.05, 0) is 12.1 Å². The van der Waals surface area contributed by atoms with Crippen LogP contribution in [0.5, 0.6) is 0 Å². The van der Waals surface area contributed by atoms with Gasteiger partial charge in [0.1, 0.15) is 16.5 Å². The number of piperazine rings is 1. The number of fused-ring (bicyclic) bond motifs is 1. The van der Waals surface area contributed by atoms with Crippen LogP contribution in [-0.4, -0.2) is 47.6 Å². The van der Waals surface area contributed by atoms with E-state index in [4.69, 9.17) is 11.6 Å². The number of carbonyl (C=O) groups is 2. The number of pyridine rings is 1. The Morgan fingerprint density at radius 1 is 0.800 bits per heavy atom. The average molecular weight is 354 g/mol. The van der Waals surface area contributed by atoms with Crippen molar-refractivity contribution in [2.24, 2.45) is 0 Å². The van der Waals surface area contributed by atoms with E-state index in [-0.39, 0.29) is 16.6 Å². The lowest BCUT2D eigenvalue weighted by Crippen LogP contribution is -2.48. The fourth-order valence-electron chi connectivity index (χ4n) is 3.31. The summed E-state index contributed by atoms with van der Waals surface area (Å²) in [6.07, 6.45) is 1.77. The molecule has 0 unspecified atom stereocenters. The minimum Gasteiger partial charge on any atom is -0.363 e. The first-order valence-electron chi connectivity index (χ1n) is 8.16. The van der Waals surface area contributed by atoms with Crippen LogP contribution >= 0.6 is 11.6 Å². The van der Waals surface area contributed by atoms with Crippen LogP contribution in [0.3, 0.4) is 0 Å². The zero-order chi connectivity index (χ0) is 17.4. The van der Waals surface area contributed by atoms with E-state index in [0.29, 0.717) is 43.0 Å². The summed E-state index contributed by atoms with van der Waals surface area (Å²) in [5.74, 6) is 0.462. The zero-order valence-electron chi connectivity index (χ0n) is 13.5. The summed E-state index contributed by atoms with van der Waals surface area (Å²) >= 11 is 6.28. The van der Waals surface area contributed by atoms with Crippen molar-refractivity contribution < 1.29 is 9.59 Å². The summed E-state index contributed by atoms with van der Waals surface area (Å²) in [6.45, 7) is 2.66. The molecule has 1 fully saturated rings. The second-order valence-corrected chi connectivity index (χ2v) is 6.41. The number of ketones is 2. The Morgan fingerprint density at radius 3 is 2.04 bits per heavy atom. The second kappa shape index (κ2) is 6.33. The van der Waals surface area contributed by atoms with Gasteiger partial charge in [-0.1, -0.05) is 41.9 Å². The largest absolute Gasteiger partial charge is 0.363 e. The number of aromatic nitrogens is 1. The van der Waals surface area contributed by atoms with Crippen LogP contribution in [0.4, 0.5) is 5.82 Å². The first-order valence-corrected chi connectivity index (χ1v) is 8.54. The average Bonchev–Trinajstić information content (AvgIpc) is 2.68. The lowest BCUT2D eigenvalue weighted by Gasteiger charge is -2.38. The number of benzene rings is 1. The second-order valence-electron chi connectivity index (χ2n) is 6.03. The highest BCUT2D eigenvalue weighted by Crippen LogP contribution is 2.31. The summed E-state index contributed by atoms with van der Waals surface area (Å²) in [7, 11) is 0. The quantitative estimate of drug-likeness (QED) is 0.831.